The number of hydrogen-bond acceptors (Lipinski definition) is 3. The van der Waals surface area contributed by atoms with Crippen LogP contribution in [0.3, 0.4) is 0 Å². The largest absolute Gasteiger partial charge is 0.632 e. The molecule has 134 valence electrons. The Morgan fingerprint density at radius 3 is 1.68 bits per heavy atom. The summed E-state index contributed by atoms with van der Waals surface area (Å²) >= 11 is 0. The van der Waals surface area contributed by atoms with Crippen molar-refractivity contribution in [1.29, 1.82) is 0 Å². The van der Waals surface area contributed by atoms with Gasteiger partial charge >= 0.3 is 5.97 Å². The summed E-state index contributed by atoms with van der Waals surface area (Å²) in [6, 6.07) is 0. The Bertz CT molecular complexity index is 253. The highest BCUT2D eigenvalue weighted by Crippen LogP contribution is 2.10. The monoisotopic (exact) mass is 318 g/mol. The Morgan fingerprint density at radius 2 is 1.41 bits per heavy atom. The second-order valence-corrected chi connectivity index (χ2v) is 6.38. The van der Waals surface area contributed by atoms with E-state index in [9.17, 15) is 10.0 Å². The van der Waals surface area contributed by atoms with Gasteiger partial charge in [-0.1, -0.05) is 65.2 Å². The summed E-state index contributed by atoms with van der Waals surface area (Å²) in [4.78, 5) is 10.2. The normalized spacial score (nSPS) is 12.5. The molecule has 3 N–H and O–H groups in total. The number of nitrogens with two attached hydrogens (primary N) is 1. The van der Waals surface area contributed by atoms with Crippen LogP contribution in [0.2, 0.25) is 0 Å². The maximum Gasteiger partial charge on any atom is 0.303 e. The van der Waals surface area contributed by atoms with Gasteiger partial charge in [0.05, 0.1) is 14.1 Å². The number of aliphatic carboxylic acids is 1. The first-order chi connectivity index (χ1) is 10.3. The Balaban J connectivity index is 0. The number of quaternary nitrogens is 1. The van der Waals surface area contributed by atoms with Crippen LogP contribution in [0.1, 0.15) is 84.5 Å². The molecule has 0 spiro atoms. The number of carbonyl (C=O) groups is 1. The van der Waals surface area contributed by atoms with E-state index < -0.39 is 10.6 Å². The third-order valence-corrected chi connectivity index (χ3v) is 3.71. The molecule has 0 saturated carbocycles. The number of hydroxylamine groups is 3. The molecule has 0 rings (SSSR count). The predicted octanol–water partition coefficient (Wildman–Crippen LogP) is 4.25. The summed E-state index contributed by atoms with van der Waals surface area (Å²) in [5.41, 5.74) is 5.41. The molecule has 0 aliphatic heterocycles. The third kappa shape index (κ3) is 19.4. The van der Waals surface area contributed by atoms with Gasteiger partial charge in [0.2, 0.25) is 0 Å². The SMILES string of the molecule is CCC(N)[N+](C)(C)[O-].CCCCCCCCCCCC(=O)O. The second kappa shape index (κ2) is 15.3. The van der Waals surface area contributed by atoms with Gasteiger partial charge in [-0.15, -0.1) is 0 Å². The average molecular weight is 319 g/mol. The van der Waals surface area contributed by atoms with E-state index in [2.05, 4.69) is 6.92 Å². The zero-order valence-electron chi connectivity index (χ0n) is 15.1. The molecule has 0 aromatic carbocycles. The summed E-state index contributed by atoms with van der Waals surface area (Å²) in [6.07, 6.45) is 11.9. The fourth-order valence-electron chi connectivity index (χ4n) is 2.03. The molecule has 0 aliphatic carbocycles. The highest BCUT2D eigenvalue weighted by atomic mass is 16.5. The van der Waals surface area contributed by atoms with Gasteiger partial charge in [-0.3, -0.25) is 10.5 Å². The van der Waals surface area contributed by atoms with Gasteiger partial charge in [0.15, 0.2) is 0 Å². The molecule has 0 aliphatic rings. The number of unbranched alkanes of at least 4 members (excludes halogenated alkanes) is 8. The number of carboxylic acid groups (broad SMARTS) is 1. The van der Waals surface area contributed by atoms with Crippen molar-refractivity contribution >= 4 is 5.97 Å². The first-order valence-electron chi connectivity index (χ1n) is 8.77. The molecule has 5 nitrogen and oxygen atoms in total. The smallest absolute Gasteiger partial charge is 0.303 e. The molecule has 5 heteroatoms. The molecule has 0 aromatic rings. The molecule has 0 fully saturated rings. The molecular weight excluding hydrogens is 280 g/mol. The van der Waals surface area contributed by atoms with Crippen LogP contribution < -0.4 is 5.73 Å². The van der Waals surface area contributed by atoms with Gasteiger partial charge in [-0.25, -0.2) is 0 Å². The van der Waals surface area contributed by atoms with E-state index in [1.165, 1.54) is 44.9 Å². The molecule has 0 saturated heterocycles. The van der Waals surface area contributed by atoms with Crippen molar-refractivity contribution in [3.05, 3.63) is 5.21 Å². The van der Waals surface area contributed by atoms with Crippen LogP contribution in [0.4, 0.5) is 0 Å². The minimum Gasteiger partial charge on any atom is -0.632 e. The Kier molecular flexibility index (Phi) is 16.4. The van der Waals surface area contributed by atoms with E-state index in [0.29, 0.717) is 6.42 Å². The van der Waals surface area contributed by atoms with Crippen LogP contribution >= 0.6 is 0 Å². The standard InChI is InChI=1S/C12H24O2.C5H14N2O/c1-2-3-4-5-6-7-8-9-10-11-12(13)14;1-4-5(6)7(2,3)8/h2-11H2,1H3,(H,13,14);5H,4,6H2,1-3H3. The molecule has 0 heterocycles. The molecule has 0 radical (unpaired) electrons. The molecule has 1 unspecified atom stereocenters. The average Bonchev–Trinajstić information content (AvgIpc) is 2.44. The first-order valence-corrected chi connectivity index (χ1v) is 8.77. The van der Waals surface area contributed by atoms with Gasteiger partial charge in [0.1, 0.15) is 6.17 Å². The van der Waals surface area contributed by atoms with Gasteiger partial charge < -0.3 is 15.0 Å². The molecule has 0 bridgehead atoms. The van der Waals surface area contributed by atoms with Gasteiger partial charge in [-0.05, 0) is 6.42 Å². The highest BCUT2D eigenvalue weighted by Gasteiger charge is 2.10. The lowest BCUT2D eigenvalue weighted by Gasteiger charge is -2.38. The summed E-state index contributed by atoms with van der Waals surface area (Å²) in [6.45, 7) is 4.13. The van der Waals surface area contributed by atoms with E-state index in [4.69, 9.17) is 10.8 Å². The van der Waals surface area contributed by atoms with Gasteiger partial charge in [-0.2, -0.15) is 0 Å². The predicted molar refractivity (Wildman–Crippen MR) is 93.2 cm³/mol. The van der Waals surface area contributed by atoms with E-state index in [-0.39, 0.29) is 6.17 Å². The summed E-state index contributed by atoms with van der Waals surface area (Å²) < 4.78 is -0.392. The Labute approximate surface area is 137 Å². The summed E-state index contributed by atoms with van der Waals surface area (Å²) in [7, 11) is 3.10. The third-order valence-electron chi connectivity index (χ3n) is 3.71. The lowest BCUT2D eigenvalue weighted by molar-refractivity contribution is -0.866. The van der Waals surface area contributed by atoms with Crippen molar-refractivity contribution in [3.63, 3.8) is 0 Å². The van der Waals surface area contributed by atoms with E-state index >= 15 is 0 Å². The van der Waals surface area contributed by atoms with E-state index in [0.717, 1.165) is 19.3 Å². The van der Waals surface area contributed by atoms with E-state index in [1.807, 2.05) is 6.92 Å². The van der Waals surface area contributed by atoms with Gasteiger partial charge in [0.25, 0.3) is 0 Å². The summed E-state index contributed by atoms with van der Waals surface area (Å²) in [5.74, 6) is -0.659. The van der Waals surface area contributed by atoms with Crippen molar-refractivity contribution < 1.29 is 14.5 Å². The second-order valence-electron chi connectivity index (χ2n) is 6.38. The lowest BCUT2D eigenvalue weighted by atomic mass is 10.1. The van der Waals surface area contributed by atoms with Crippen LogP contribution in [0.25, 0.3) is 0 Å². The Morgan fingerprint density at radius 1 is 1.00 bits per heavy atom. The number of hydrogen-bond donors (Lipinski definition) is 2. The van der Waals surface area contributed by atoms with Crippen LogP contribution in [0.15, 0.2) is 0 Å². The minimum absolute atomic E-state index is 0.269. The maximum atomic E-state index is 10.8. The summed E-state index contributed by atoms with van der Waals surface area (Å²) in [5, 5.41) is 19.3. The van der Waals surface area contributed by atoms with Crippen molar-refractivity contribution in [2.75, 3.05) is 14.1 Å². The topological polar surface area (TPSA) is 86.4 Å². The highest BCUT2D eigenvalue weighted by molar-refractivity contribution is 5.66. The quantitative estimate of drug-likeness (QED) is 0.244. The molecule has 0 aromatic heterocycles. The van der Waals surface area contributed by atoms with Gasteiger partial charge in [0, 0.05) is 12.8 Å². The van der Waals surface area contributed by atoms with Crippen LogP contribution in [0.5, 0.6) is 0 Å². The number of rotatable bonds is 12. The molecule has 1 atom stereocenters. The van der Waals surface area contributed by atoms with Crippen molar-refractivity contribution in [2.45, 2.75) is 90.6 Å². The fraction of sp³-hybridized carbons (Fsp3) is 0.941. The van der Waals surface area contributed by atoms with Crippen molar-refractivity contribution in [2.24, 2.45) is 5.73 Å². The number of nitrogens with zero attached hydrogens (tertiary/aromatic N) is 1. The number of carboxylic acids is 1. The van der Waals surface area contributed by atoms with Crippen molar-refractivity contribution in [1.82, 2.24) is 0 Å². The van der Waals surface area contributed by atoms with Crippen molar-refractivity contribution in [3.8, 4) is 0 Å². The molecule has 22 heavy (non-hydrogen) atoms. The van der Waals surface area contributed by atoms with Crippen LogP contribution in [-0.2, 0) is 4.79 Å². The molecular formula is C17H38N2O3. The maximum absolute atomic E-state index is 10.8. The fourth-order valence-corrected chi connectivity index (χ4v) is 2.03. The lowest BCUT2D eigenvalue weighted by Crippen LogP contribution is -2.48. The van der Waals surface area contributed by atoms with Crippen LogP contribution in [0, 0.1) is 5.21 Å². The Hall–Kier alpha value is -0.650. The molecule has 0 amide bonds. The first kappa shape index (κ1) is 23.6. The zero-order valence-corrected chi connectivity index (χ0v) is 15.1. The van der Waals surface area contributed by atoms with Crippen LogP contribution in [-0.4, -0.2) is 36.0 Å². The zero-order chi connectivity index (χ0) is 17.4. The minimum atomic E-state index is -0.659. The van der Waals surface area contributed by atoms with E-state index in [1.54, 1.807) is 14.1 Å².